The van der Waals surface area contributed by atoms with Gasteiger partial charge in [-0.3, -0.25) is 4.79 Å². The molecule has 4 heteroatoms. The Balaban J connectivity index is 2.19. The quantitative estimate of drug-likeness (QED) is 0.701. The first-order chi connectivity index (χ1) is 8.00. The number of carbonyl (C=O) groups excluding carboxylic acids is 1. The molecule has 4 nitrogen and oxygen atoms in total. The Bertz CT molecular complexity index is 243. The second kappa shape index (κ2) is 6.97. The molecule has 1 aliphatic rings. The van der Waals surface area contributed by atoms with Gasteiger partial charge in [-0.15, -0.1) is 0 Å². The Labute approximate surface area is 105 Å². The zero-order chi connectivity index (χ0) is 12.8. The number of nitrogens with one attached hydrogen (secondary N) is 1. The molecule has 0 aromatic rings. The predicted octanol–water partition coefficient (Wildman–Crippen LogP) is 0.818. The summed E-state index contributed by atoms with van der Waals surface area (Å²) in [5.41, 5.74) is 6.01. The van der Waals surface area contributed by atoms with Crippen LogP contribution in [-0.2, 0) is 4.79 Å². The summed E-state index contributed by atoms with van der Waals surface area (Å²) in [4.78, 5) is 14.0. The minimum Gasteiger partial charge on any atom is -0.356 e. The first-order valence-corrected chi connectivity index (χ1v) is 6.68. The Morgan fingerprint density at radius 1 is 1.41 bits per heavy atom. The molecule has 0 aliphatic heterocycles. The SMILES string of the molecule is CC1CCC(C(=O)NCCCN(C)C)CC1N. The standard InChI is InChI=1S/C13H27N3O/c1-10-5-6-11(9-12(10)14)13(17)15-7-4-8-16(2)3/h10-12H,4-9,14H2,1-3H3,(H,15,17). The summed E-state index contributed by atoms with van der Waals surface area (Å²) in [6.07, 6.45) is 3.93. The van der Waals surface area contributed by atoms with Gasteiger partial charge < -0.3 is 16.0 Å². The number of amides is 1. The van der Waals surface area contributed by atoms with Gasteiger partial charge in [0, 0.05) is 18.5 Å². The van der Waals surface area contributed by atoms with E-state index in [1.807, 2.05) is 14.1 Å². The highest BCUT2D eigenvalue weighted by molar-refractivity contribution is 5.78. The molecule has 0 aromatic carbocycles. The maximum Gasteiger partial charge on any atom is 0.223 e. The van der Waals surface area contributed by atoms with Gasteiger partial charge in [0.15, 0.2) is 0 Å². The van der Waals surface area contributed by atoms with E-state index in [0.717, 1.165) is 38.8 Å². The highest BCUT2D eigenvalue weighted by atomic mass is 16.1. The van der Waals surface area contributed by atoms with Gasteiger partial charge in [0.25, 0.3) is 0 Å². The average molecular weight is 241 g/mol. The number of carbonyl (C=O) groups is 1. The average Bonchev–Trinajstić information content (AvgIpc) is 2.27. The van der Waals surface area contributed by atoms with Gasteiger partial charge in [0.05, 0.1) is 0 Å². The molecule has 0 bridgehead atoms. The van der Waals surface area contributed by atoms with Crippen LogP contribution in [0.25, 0.3) is 0 Å². The topological polar surface area (TPSA) is 58.4 Å². The van der Waals surface area contributed by atoms with Gasteiger partial charge in [0.1, 0.15) is 0 Å². The molecule has 1 saturated carbocycles. The van der Waals surface area contributed by atoms with Crippen molar-refractivity contribution in [1.29, 1.82) is 0 Å². The molecule has 1 rings (SSSR count). The molecule has 0 heterocycles. The summed E-state index contributed by atoms with van der Waals surface area (Å²) < 4.78 is 0. The number of hydrogen-bond donors (Lipinski definition) is 2. The zero-order valence-corrected chi connectivity index (χ0v) is 11.4. The van der Waals surface area contributed by atoms with Crippen LogP contribution in [0.3, 0.4) is 0 Å². The number of rotatable bonds is 5. The minimum absolute atomic E-state index is 0.139. The van der Waals surface area contributed by atoms with Gasteiger partial charge in [-0.25, -0.2) is 0 Å². The van der Waals surface area contributed by atoms with Crippen LogP contribution in [-0.4, -0.2) is 44.0 Å². The monoisotopic (exact) mass is 241 g/mol. The lowest BCUT2D eigenvalue weighted by Crippen LogP contribution is -2.41. The van der Waals surface area contributed by atoms with Gasteiger partial charge in [0.2, 0.25) is 5.91 Å². The van der Waals surface area contributed by atoms with Crippen LogP contribution in [0.2, 0.25) is 0 Å². The summed E-state index contributed by atoms with van der Waals surface area (Å²) in [5.74, 6) is 0.902. The van der Waals surface area contributed by atoms with Gasteiger partial charge in [-0.1, -0.05) is 6.92 Å². The van der Waals surface area contributed by atoms with Crippen molar-refractivity contribution in [2.45, 2.75) is 38.6 Å². The fourth-order valence-corrected chi connectivity index (χ4v) is 2.35. The summed E-state index contributed by atoms with van der Waals surface area (Å²) in [6, 6.07) is 0.196. The lowest BCUT2D eigenvalue weighted by Gasteiger charge is -2.31. The second-order valence-electron chi connectivity index (χ2n) is 5.60. The first kappa shape index (κ1) is 14.5. The molecule has 3 atom stereocenters. The molecule has 17 heavy (non-hydrogen) atoms. The van der Waals surface area contributed by atoms with E-state index in [0.29, 0.717) is 5.92 Å². The summed E-state index contributed by atoms with van der Waals surface area (Å²) in [5, 5.41) is 3.02. The maximum absolute atomic E-state index is 11.9. The smallest absolute Gasteiger partial charge is 0.223 e. The summed E-state index contributed by atoms with van der Waals surface area (Å²) in [7, 11) is 4.09. The van der Waals surface area contributed by atoms with Crippen LogP contribution < -0.4 is 11.1 Å². The van der Waals surface area contributed by atoms with Gasteiger partial charge in [-0.2, -0.15) is 0 Å². The van der Waals surface area contributed by atoms with E-state index in [2.05, 4.69) is 17.1 Å². The zero-order valence-electron chi connectivity index (χ0n) is 11.4. The van der Waals surface area contributed by atoms with Crippen LogP contribution in [0.1, 0.15) is 32.6 Å². The number of hydrogen-bond acceptors (Lipinski definition) is 3. The van der Waals surface area contributed by atoms with Crippen LogP contribution >= 0.6 is 0 Å². The van der Waals surface area contributed by atoms with Crippen molar-refractivity contribution in [3.05, 3.63) is 0 Å². The fourth-order valence-electron chi connectivity index (χ4n) is 2.35. The van der Waals surface area contributed by atoms with Crippen LogP contribution in [0.15, 0.2) is 0 Å². The Morgan fingerprint density at radius 2 is 2.12 bits per heavy atom. The lowest BCUT2D eigenvalue weighted by atomic mass is 9.79. The molecule has 1 amide bonds. The third kappa shape index (κ3) is 5.04. The van der Waals surface area contributed by atoms with Gasteiger partial charge in [-0.05, 0) is 52.2 Å². The first-order valence-electron chi connectivity index (χ1n) is 6.68. The maximum atomic E-state index is 11.9. The largest absolute Gasteiger partial charge is 0.356 e. The van der Waals surface area contributed by atoms with E-state index >= 15 is 0 Å². The summed E-state index contributed by atoms with van der Waals surface area (Å²) in [6.45, 7) is 3.97. The highest BCUT2D eigenvalue weighted by Crippen LogP contribution is 2.27. The molecule has 100 valence electrons. The van der Waals surface area contributed by atoms with E-state index in [-0.39, 0.29) is 17.9 Å². The number of nitrogens with zero attached hydrogens (tertiary/aromatic N) is 1. The van der Waals surface area contributed by atoms with Gasteiger partial charge >= 0.3 is 0 Å². The van der Waals surface area contributed by atoms with Crippen molar-refractivity contribution < 1.29 is 4.79 Å². The predicted molar refractivity (Wildman–Crippen MR) is 70.7 cm³/mol. The van der Waals surface area contributed by atoms with E-state index < -0.39 is 0 Å². The Morgan fingerprint density at radius 3 is 2.71 bits per heavy atom. The summed E-state index contributed by atoms with van der Waals surface area (Å²) >= 11 is 0. The van der Waals surface area contributed by atoms with Crippen LogP contribution in [0.4, 0.5) is 0 Å². The second-order valence-corrected chi connectivity index (χ2v) is 5.60. The third-order valence-corrected chi connectivity index (χ3v) is 3.71. The Hall–Kier alpha value is -0.610. The minimum atomic E-state index is 0.139. The Kier molecular flexibility index (Phi) is 5.92. The van der Waals surface area contributed by atoms with Crippen molar-refractivity contribution in [3.63, 3.8) is 0 Å². The van der Waals surface area contributed by atoms with Crippen molar-refractivity contribution in [1.82, 2.24) is 10.2 Å². The molecule has 0 spiro atoms. The van der Waals surface area contributed by atoms with Crippen molar-refractivity contribution in [3.8, 4) is 0 Å². The van der Waals surface area contributed by atoms with E-state index in [1.165, 1.54) is 0 Å². The molecule has 1 fully saturated rings. The van der Waals surface area contributed by atoms with E-state index in [4.69, 9.17) is 5.73 Å². The van der Waals surface area contributed by atoms with E-state index in [9.17, 15) is 4.79 Å². The molecule has 0 radical (unpaired) electrons. The molecule has 0 aromatic heterocycles. The third-order valence-electron chi connectivity index (χ3n) is 3.71. The normalized spacial score (nSPS) is 29.4. The molecule has 3 unspecified atom stereocenters. The number of nitrogens with two attached hydrogens (primary N) is 1. The van der Waals surface area contributed by atoms with Crippen molar-refractivity contribution in [2.75, 3.05) is 27.2 Å². The highest BCUT2D eigenvalue weighted by Gasteiger charge is 2.29. The van der Waals surface area contributed by atoms with Crippen molar-refractivity contribution >= 4 is 5.91 Å². The fraction of sp³-hybridized carbons (Fsp3) is 0.923. The molecular formula is C13H27N3O. The molecular weight excluding hydrogens is 214 g/mol. The lowest BCUT2D eigenvalue weighted by molar-refractivity contribution is -0.126. The van der Waals surface area contributed by atoms with Crippen molar-refractivity contribution in [2.24, 2.45) is 17.6 Å². The van der Waals surface area contributed by atoms with Crippen LogP contribution in [0, 0.1) is 11.8 Å². The molecule has 1 aliphatic carbocycles. The molecule has 3 N–H and O–H groups in total. The molecule has 0 saturated heterocycles. The van der Waals surface area contributed by atoms with Crippen LogP contribution in [0.5, 0.6) is 0 Å². The van der Waals surface area contributed by atoms with E-state index in [1.54, 1.807) is 0 Å².